The van der Waals surface area contributed by atoms with Gasteiger partial charge in [-0.2, -0.15) is 0 Å². The van der Waals surface area contributed by atoms with Gasteiger partial charge in [-0.15, -0.1) is 0 Å². The normalized spacial score (nSPS) is 16.3. The molecule has 0 saturated carbocycles. The summed E-state index contributed by atoms with van der Waals surface area (Å²) >= 11 is 0. The van der Waals surface area contributed by atoms with Crippen LogP contribution in [-0.2, 0) is 9.47 Å². The molecule has 0 spiro atoms. The molecule has 19 heavy (non-hydrogen) atoms. The molecule has 1 aromatic rings. The predicted molar refractivity (Wildman–Crippen MR) is 73.1 cm³/mol. The molecule has 0 bridgehead atoms. The Labute approximate surface area is 113 Å². The summed E-state index contributed by atoms with van der Waals surface area (Å²) in [6, 6.07) is 5.28. The van der Waals surface area contributed by atoms with E-state index in [2.05, 4.69) is 4.90 Å². The highest BCUT2D eigenvalue weighted by molar-refractivity contribution is 5.92. The van der Waals surface area contributed by atoms with E-state index in [0.29, 0.717) is 17.9 Å². The molecule has 5 heteroatoms. The largest absolute Gasteiger partial charge is 0.461 e. The molecule has 1 fully saturated rings. The van der Waals surface area contributed by atoms with Crippen molar-refractivity contribution in [1.82, 2.24) is 4.90 Å². The first-order valence-electron chi connectivity index (χ1n) is 6.51. The van der Waals surface area contributed by atoms with Gasteiger partial charge >= 0.3 is 5.97 Å². The lowest BCUT2D eigenvalue weighted by Gasteiger charge is -2.26. The molecule has 2 rings (SSSR count). The molecule has 0 radical (unpaired) electrons. The summed E-state index contributed by atoms with van der Waals surface area (Å²) in [7, 11) is 0. The van der Waals surface area contributed by atoms with Crippen LogP contribution in [0.4, 0.5) is 5.69 Å². The predicted octanol–water partition coefficient (Wildman–Crippen LogP) is 1.07. The maximum Gasteiger partial charge on any atom is 0.338 e. The Morgan fingerprint density at radius 1 is 1.42 bits per heavy atom. The maximum atomic E-state index is 11.9. The van der Waals surface area contributed by atoms with Crippen LogP contribution in [0.2, 0.25) is 0 Å². The number of nitrogens with zero attached hydrogens (tertiary/aromatic N) is 1. The van der Waals surface area contributed by atoms with Crippen LogP contribution in [0.15, 0.2) is 18.2 Å². The minimum atomic E-state index is -0.307. The van der Waals surface area contributed by atoms with Gasteiger partial charge in [0, 0.05) is 25.3 Å². The first-order chi connectivity index (χ1) is 9.18. The van der Waals surface area contributed by atoms with Gasteiger partial charge in [0.05, 0.1) is 18.8 Å². The van der Waals surface area contributed by atoms with Crippen molar-refractivity contribution in [1.29, 1.82) is 0 Å². The fourth-order valence-corrected chi connectivity index (χ4v) is 2.04. The lowest BCUT2D eigenvalue weighted by molar-refractivity contribution is 0.0195. The van der Waals surface area contributed by atoms with Gasteiger partial charge in [0.2, 0.25) is 0 Å². The lowest BCUT2D eigenvalue weighted by atomic mass is 10.1. The molecule has 104 valence electrons. The van der Waals surface area contributed by atoms with E-state index in [1.54, 1.807) is 18.2 Å². The number of carbonyl (C=O) groups excluding carboxylic acids is 1. The zero-order valence-corrected chi connectivity index (χ0v) is 11.2. The minimum absolute atomic E-state index is 0.307. The van der Waals surface area contributed by atoms with E-state index in [4.69, 9.17) is 15.2 Å². The lowest BCUT2D eigenvalue weighted by Crippen LogP contribution is -2.38. The number of hydrogen-bond acceptors (Lipinski definition) is 5. The second-order valence-corrected chi connectivity index (χ2v) is 4.61. The molecule has 1 heterocycles. The van der Waals surface area contributed by atoms with Gasteiger partial charge < -0.3 is 15.2 Å². The number of nitrogens with two attached hydrogens (primary N) is 1. The van der Waals surface area contributed by atoms with E-state index in [1.165, 1.54) is 0 Å². The summed E-state index contributed by atoms with van der Waals surface area (Å²) in [6.45, 7) is 6.27. The van der Waals surface area contributed by atoms with Crippen molar-refractivity contribution in [2.75, 3.05) is 45.2 Å². The summed E-state index contributed by atoms with van der Waals surface area (Å²) in [5, 5.41) is 0. The number of morpholine rings is 1. The van der Waals surface area contributed by atoms with Crippen molar-refractivity contribution in [2.45, 2.75) is 6.92 Å². The van der Waals surface area contributed by atoms with Crippen LogP contribution < -0.4 is 5.73 Å². The van der Waals surface area contributed by atoms with Crippen molar-refractivity contribution >= 4 is 11.7 Å². The molecule has 1 aromatic carbocycles. The van der Waals surface area contributed by atoms with E-state index in [0.717, 1.165) is 38.4 Å². The number of carbonyl (C=O) groups is 1. The average Bonchev–Trinajstić information content (AvgIpc) is 2.43. The van der Waals surface area contributed by atoms with Crippen LogP contribution in [0.5, 0.6) is 0 Å². The molecule has 5 nitrogen and oxygen atoms in total. The van der Waals surface area contributed by atoms with Crippen LogP contribution in [0.1, 0.15) is 15.9 Å². The third kappa shape index (κ3) is 3.68. The molecule has 0 amide bonds. The van der Waals surface area contributed by atoms with E-state index in [-0.39, 0.29) is 5.97 Å². The van der Waals surface area contributed by atoms with Crippen molar-refractivity contribution in [3.05, 3.63) is 29.3 Å². The van der Waals surface area contributed by atoms with Gasteiger partial charge in [0.1, 0.15) is 6.61 Å². The van der Waals surface area contributed by atoms with Gasteiger partial charge in [-0.05, 0) is 24.6 Å². The second kappa shape index (κ2) is 6.54. The van der Waals surface area contributed by atoms with Gasteiger partial charge in [0.15, 0.2) is 0 Å². The summed E-state index contributed by atoms with van der Waals surface area (Å²) in [6.07, 6.45) is 0. The molecule has 0 aromatic heterocycles. The molecule has 1 aliphatic rings. The smallest absolute Gasteiger partial charge is 0.338 e. The van der Waals surface area contributed by atoms with Crippen molar-refractivity contribution in [2.24, 2.45) is 0 Å². The fourth-order valence-electron chi connectivity index (χ4n) is 2.04. The van der Waals surface area contributed by atoms with Crippen molar-refractivity contribution in [3.63, 3.8) is 0 Å². The number of rotatable bonds is 4. The third-order valence-electron chi connectivity index (χ3n) is 3.34. The molecular formula is C14H20N2O3. The highest BCUT2D eigenvalue weighted by atomic mass is 16.5. The minimum Gasteiger partial charge on any atom is -0.461 e. The van der Waals surface area contributed by atoms with Gasteiger partial charge in [-0.3, -0.25) is 4.90 Å². The highest BCUT2D eigenvalue weighted by Gasteiger charge is 2.14. The summed E-state index contributed by atoms with van der Waals surface area (Å²) in [4.78, 5) is 14.2. The Morgan fingerprint density at radius 3 is 2.89 bits per heavy atom. The molecule has 1 aliphatic heterocycles. The number of benzene rings is 1. The molecular weight excluding hydrogens is 244 g/mol. The number of ether oxygens (including phenoxy) is 2. The summed E-state index contributed by atoms with van der Waals surface area (Å²) < 4.78 is 10.6. The monoisotopic (exact) mass is 264 g/mol. The second-order valence-electron chi connectivity index (χ2n) is 4.61. The molecule has 0 aliphatic carbocycles. The highest BCUT2D eigenvalue weighted by Crippen LogP contribution is 2.16. The number of hydrogen-bond donors (Lipinski definition) is 1. The number of nitrogen functional groups attached to an aromatic ring is 1. The number of anilines is 1. The third-order valence-corrected chi connectivity index (χ3v) is 3.34. The molecule has 0 unspecified atom stereocenters. The summed E-state index contributed by atoms with van der Waals surface area (Å²) in [5.41, 5.74) is 7.71. The fraction of sp³-hybridized carbons (Fsp3) is 0.500. The topological polar surface area (TPSA) is 64.8 Å². The Hall–Kier alpha value is -1.59. The first-order valence-corrected chi connectivity index (χ1v) is 6.51. The van der Waals surface area contributed by atoms with Gasteiger partial charge in [-0.25, -0.2) is 4.79 Å². The van der Waals surface area contributed by atoms with E-state index in [1.807, 2.05) is 6.92 Å². The number of esters is 1. The zero-order valence-electron chi connectivity index (χ0n) is 11.2. The SMILES string of the molecule is Cc1c(N)cccc1C(=O)OCCN1CCOCC1. The zero-order chi connectivity index (χ0) is 13.7. The quantitative estimate of drug-likeness (QED) is 0.651. The van der Waals surface area contributed by atoms with E-state index < -0.39 is 0 Å². The van der Waals surface area contributed by atoms with E-state index >= 15 is 0 Å². The van der Waals surface area contributed by atoms with Gasteiger partial charge in [-0.1, -0.05) is 6.07 Å². The van der Waals surface area contributed by atoms with Crippen LogP contribution in [0, 0.1) is 6.92 Å². The average molecular weight is 264 g/mol. The van der Waals surface area contributed by atoms with Crippen LogP contribution >= 0.6 is 0 Å². The van der Waals surface area contributed by atoms with Crippen LogP contribution in [0.25, 0.3) is 0 Å². The Morgan fingerprint density at radius 2 is 2.16 bits per heavy atom. The van der Waals surface area contributed by atoms with E-state index in [9.17, 15) is 4.79 Å². The van der Waals surface area contributed by atoms with Crippen LogP contribution in [-0.4, -0.2) is 50.3 Å². The Kier molecular flexibility index (Phi) is 4.76. The maximum absolute atomic E-state index is 11.9. The van der Waals surface area contributed by atoms with Crippen LogP contribution in [0.3, 0.4) is 0 Å². The molecule has 1 saturated heterocycles. The molecule has 0 atom stereocenters. The van der Waals surface area contributed by atoms with Crippen molar-refractivity contribution < 1.29 is 14.3 Å². The van der Waals surface area contributed by atoms with Gasteiger partial charge in [0.25, 0.3) is 0 Å². The molecule has 2 N–H and O–H groups in total. The van der Waals surface area contributed by atoms with Crippen molar-refractivity contribution in [3.8, 4) is 0 Å². The first kappa shape index (κ1) is 13.8. The Balaban J connectivity index is 1.82. The Bertz CT molecular complexity index is 442. The summed E-state index contributed by atoms with van der Waals surface area (Å²) in [5.74, 6) is -0.307. The standard InChI is InChI=1S/C14H20N2O3/c1-11-12(3-2-4-13(11)15)14(17)19-10-7-16-5-8-18-9-6-16/h2-4H,5-10,15H2,1H3.